The summed E-state index contributed by atoms with van der Waals surface area (Å²) in [4.78, 5) is 11.3. The van der Waals surface area contributed by atoms with Gasteiger partial charge in [-0.1, -0.05) is 38.2 Å². The zero-order chi connectivity index (χ0) is 9.68. The van der Waals surface area contributed by atoms with Crippen LogP contribution in [0, 0.1) is 5.92 Å². The van der Waals surface area contributed by atoms with Gasteiger partial charge in [0.05, 0.1) is 0 Å². The van der Waals surface area contributed by atoms with Gasteiger partial charge < -0.3 is 5.32 Å². The molecule has 1 N–H and O–H groups in total. The van der Waals surface area contributed by atoms with E-state index in [1.54, 1.807) is 0 Å². The number of carbonyl (C=O) groups excluding carboxylic acids is 1. The maximum absolute atomic E-state index is 11.3. The monoisotopic (exact) mass is 177 g/mol. The van der Waals surface area contributed by atoms with Crippen molar-refractivity contribution in [2.75, 3.05) is 0 Å². The molecule has 0 saturated heterocycles. The van der Waals surface area contributed by atoms with E-state index in [0.717, 1.165) is 12.1 Å². The molecule has 0 spiro atoms. The standard InChI is InChI=1S/C11H15NO/c1-9(2)11(13)12-10-7-5-3-4-6-8-10/h3-5,7-9H,6H2,1-2H3,(H,12,13). The highest BCUT2D eigenvalue weighted by Crippen LogP contribution is 2.03. The average molecular weight is 177 g/mol. The molecule has 0 unspecified atom stereocenters. The molecule has 0 fully saturated rings. The second-order valence-electron chi connectivity index (χ2n) is 3.33. The number of hydrogen-bond donors (Lipinski definition) is 1. The fourth-order valence-electron chi connectivity index (χ4n) is 0.959. The Morgan fingerprint density at radius 1 is 1.46 bits per heavy atom. The van der Waals surface area contributed by atoms with E-state index in [2.05, 4.69) is 5.32 Å². The van der Waals surface area contributed by atoms with Gasteiger partial charge in [-0.3, -0.25) is 4.79 Å². The SMILES string of the molecule is CC(C)C(=O)NC1=CCC=CC=C1. The molecule has 0 aromatic heterocycles. The Bertz CT molecular complexity index is 272. The van der Waals surface area contributed by atoms with Gasteiger partial charge in [-0.05, 0) is 12.5 Å². The van der Waals surface area contributed by atoms with Gasteiger partial charge in [0.25, 0.3) is 0 Å². The highest BCUT2D eigenvalue weighted by Gasteiger charge is 2.06. The number of carbonyl (C=O) groups is 1. The fourth-order valence-corrected chi connectivity index (χ4v) is 0.959. The summed E-state index contributed by atoms with van der Waals surface area (Å²) >= 11 is 0. The lowest BCUT2D eigenvalue weighted by Gasteiger charge is -2.07. The predicted octanol–water partition coefficient (Wildman–Crippen LogP) is 2.16. The van der Waals surface area contributed by atoms with Crippen molar-refractivity contribution in [3.05, 3.63) is 36.1 Å². The predicted molar refractivity (Wildman–Crippen MR) is 54.0 cm³/mol. The molecule has 1 aliphatic carbocycles. The molecule has 1 aliphatic rings. The summed E-state index contributed by atoms with van der Waals surface area (Å²) in [5, 5.41) is 2.85. The molecule has 0 aromatic rings. The summed E-state index contributed by atoms with van der Waals surface area (Å²) in [7, 11) is 0. The van der Waals surface area contributed by atoms with Crippen LogP contribution in [-0.2, 0) is 4.79 Å². The lowest BCUT2D eigenvalue weighted by molar-refractivity contribution is -0.123. The van der Waals surface area contributed by atoms with Gasteiger partial charge >= 0.3 is 0 Å². The zero-order valence-electron chi connectivity index (χ0n) is 8.08. The Kier molecular flexibility index (Phi) is 3.50. The fraction of sp³-hybridized carbons (Fsp3) is 0.364. The van der Waals surface area contributed by atoms with Crippen molar-refractivity contribution < 1.29 is 4.79 Å². The maximum Gasteiger partial charge on any atom is 0.226 e. The molecular formula is C11H15NO. The second-order valence-corrected chi connectivity index (χ2v) is 3.33. The van der Waals surface area contributed by atoms with Gasteiger partial charge in [0.2, 0.25) is 5.91 Å². The van der Waals surface area contributed by atoms with Crippen molar-refractivity contribution in [3.8, 4) is 0 Å². The van der Waals surface area contributed by atoms with Crippen molar-refractivity contribution in [1.82, 2.24) is 5.32 Å². The van der Waals surface area contributed by atoms with Crippen LogP contribution in [0.15, 0.2) is 36.1 Å². The summed E-state index contributed by atoms with van der Waals surface area (Å²) < 4.78 is 0. The van der Waals surface area contributed by atoms with E-state index in [9.17, 15) is 4.79 Å². The minimum absolute atomic E-state index is 0.0329. The van der Waals surface area contributed by atoms with Gasteiger partial charge in [-0.25, -0.2) is 0 Å². The van der Waals surface area contributed by atoms with E-state index in [-0.39, 0.29) is 11.8 Å². The topological polar surface area (TPSA) is 29.1 Å². The molecule has 0 radical (unpaired) electrons. The quantitative estimate of drug-likeness (QED) is 0.688. The molecule has 0 bridgehead atoms. The Balaban J connectivity index is 2.54. The third-order valence-corrected chi connectivity index (χ3v) is 1.79. The third kappa shape index (κ3) is 3.28. The number of amides is 1. The van der Waals surface area contributed by atoms with Crippen LogP contribution in [-0.4, -0.2) is 5.91 Å². The first-order valence-electron chi connectivity index (χ1n) is 4.54. The second kappa shape index (κ2) is 4.65. The van der Waals surface area contributed by atoms with E-state index in [4.69, 9.17) is 0 Å². The average Bonchev–Trinajstić information content (AvgIpc) is 2.32. The third-order valence-electron chi connectivity index (χ3n) is 1.79. The van der Waals surface area contributed by atoms with Crippen LogP contribution in [0.3, 0.4) is 0 Å². The van der Waals surface area contributed by atoms with Gasteiger partial charge in [0.15, 0.2) is 0 Å². The van der Waals surface area contributed by atoms with Gasteiger partial charge in [-0.2, -0.15) is 0 Å². The Morgan fingerprint density at radius 3 is 2.92 bits per heavy atom. The van der Waals surface area contributed by atoms with Crippen LogP contribution in [0.4, 0.5) is 0 Å². The molecule has 2 nitrogen and oxygen atoms in total. The summed E-state index contributed by atoms with van der Waals surface area (Å²) in [6.45, 7) is 3.77. The molecule has 0 atom stereocenters. The highest BCUT2D eigenvalue weighted by molar-refractivity contribution is 5.80. The first-order valence-corrected chi connectivity index (χ1v) is 4.54. The Morgan fingerprint density at radius 2 is 2.23 bits per heavy atom. The molecule has 70 valence electrons. The minimum atomic E-state index is 0.0329. The Hall–Kier alpha value is -1.31. The summed E-state index contributed by atoms with van der Waals surface area (Å²) in [6.07, 6.45) is 10.7. The van der Waals surface area contributed by atoms with Crippen molar-refractivity contribution in [2.24, 2.45) is 5.92 Å². The normalized spacial score (nSPS) is 15.5. The van der Waals surface area contributed by atoms with Crippen LogP contribution >= 0.6 is 0 Å². The maximum atomic E-state index is 11.3. The van der Waals surface area contributed by atoms with Crippen molar-refractivity contribution >= 4 is 5.91 Å². The highest BCUT2D eigenvalue weighted by atomic mass is 16.1. The number of hydrogen-bond acceptors (Lipinski definition) is 1. The summed E-state index contributed by atoms with van der Waals surface area (Å²) in [6, 6.07) is 0. The molecule has 0 saturated carbocycles. The van der Waals surface area contributed by atoms with Crippen molar-refractivity contribution in [2.45, 2.75) is 20.3 Å². The van der Waals surface area contributed by atoms with Crippen LogP contribution in [0.25, 0.3) is 0 Å². The molecule has 0 heterocycles. The van der Waals surface area contributed by atoms with Crippen LogP contribution in [0.5, 0.6) is 0 Å². The van der Waals surface area contributed by atoms with E-state index in [0.29, 0.717) is 0 Å². The first-order chi connectivity index (χ1) is 6.20. The number of rotatable bonds is 2. The van der Waals surface area contributed by atoms with Crippen molar-refractivity contribution in [1.29, 1.82) is 0 Å². The molecule has 0 aliphatic heterocycles. The Labute approximate surface area is 79.0 Å². The largest absolute Gasteiger partial charge is 0.326 e. The summed E-state index contributed by atoms with van der Waals surface area (Å²) in [5.74, 6) is 0.100. The van der Waals surface area contributed by atoms with Crippen LogP contribution in [0.1, 0.15) is 20.3 Å². The van der Waals surface area contributed by atoms with Crippen molar-refractivity contribution in [3.63, 3.8) is 0 Å². The molecular weight excluding hydrogens is 162 g/mol. The molecule has 0 aromatic carbocycles. The molecule has 1 amide bonds. The lowest BCUT2D eigenvalue weighted by atomic mass is 10.2. The van der Waals surface area contributed by atoms with E-state index < -0.39 is 0 Å². The van der Waals surface area contributed by atoms with Gasteiger partial charge in [-0.15, -0.1) is 0 Å². The summed E-state index contributed by atoms with van der Waals surface area (Å²) in [5.41, 5.74) is 0.892. The van der Waals surface area contributed by atoms with Crippen LogP contribution in [0.2, 0.25) is 0 Å². The first kappa shape index (κ1) is 9.78. The minimum Gasteiger partial charge on any atom is -0.326 e. The van der Waals surface area contributed by atoms with E-state index in [1.165, 1.54) is 0 Å². The van der Waals surface area contributed by atoms with E-state index in [1.807, 2.05) is 44.2 Å². The van der Waals surface area contributed by atoms with Gasteiger partial charge in [0.1, 0.15) is 0 Å². The number of allylic oxidation sites excluding steroid dienone is 5. The zero-order valence-corrected chi connectivity index (χ0v) is 8.08. The molecule has 13 heavy (non-hydrogen) atoms. The molecule has 2 heteroatoms. The van der Waals surface area contributed by atoms with Crippen LogP contribution < -0.4 is 5.32 Å². The smallest absolute Gasteiger partial charge is 0.226 e. The van der Waals surface area contributed by atoms with Gasteiger partial charge in [0, 0.05) is 11.6 Å². The van der Waals surface area contributed by atoms with E-state index >= 15 is 0 Å². The molecule has 1 rings (SSSR count). The lowest BCUT2D eigenvalue weighted by Crippen LogP contribution is -2.26. The number of nitrogens with one attached hydrogen (secondary N) is 1.